The Morgan fingerprint density at radius 3 is 2.48 bits per heavy atom. The largest absolute Gasteiger partial charge is 0.462 e. The molecule has 0 saturated carbocycles. The molecule has 2 aliphatic rings. The molecule has 0 saturated heterocycles. The van der Waals surface area contributed by atoms with Crippen LogP contribution < -0.4 is 5.32 Å². The zero-order valence-electron chi connectivity index (χ0n) is 17.1. The van der Waals surface area contributed by atoms with Crippen LogP contribution in [-0.2, 0) is 19.1 Å². The molecule has 0 unspecified atom stereocenters. The van der Waals surface area contributed by atoms with E-state index < -0.39 is 11.9 Å². The van der Waals surface area contributed by atoms with E-state index in [1.165, 1.54) is 11.8 Å². The molecule has 0 amide bonds. The first-order valence-electron chi connectivity index (χ1n) is 9.11. The Balaban J connectivity index is 2.86. The molecule has 8 nitrogen and oxygen atoms in total. The number of esters is 2. The number of aliphatic imine (C=N–C) groups is 1. The predicted octanol–water partition coefficient (Wildman–Crippen LogP) is 2.14. The lowest BCUT2D eigenvalue weighted by molar-refractivity contribution is -0.143. The summed E-state index contributed by atoms with van der Waals surface area (Å²) in [7, 11) is 0. The van der Waals surface area contributed by atoms with E-state index in [0.29, 0.717) is 19.0 Å². The normalized spacial score (nSPS) is 19.3. The number of rotatable bonds is 5. The molecule has 0 spiro atoms. The number of nitriles is 1. The van der Waals surface area contributed by atoms with Crippen molar-refractivity contribution in [3.8, 4) is 6.07 Å². The molecule has 0 aliphatic carbocycles. The summed E-state index contributed by atoms with van der Waals surface area (Å²) in [5, 5.41) is 12.8. The molecule has 10 heteroatoms. The molecule has 0 fully saturated rings. The fraction of sp³-hybridized carbons (Fsp3) is 0.526. The summed E-state index contributed by atoms with van der Waals surface area (Å²) in [6.45, 7) is 8.53. The van der Waals surface area contributed by atoms with Crippen LogP contribution >= 0.6 is 24.0 Å². The summed E-state index contributed by atoms with van der Waals surface area (Å²) in [4.78, 5) is 32.0. The van der Waals surface area contributed by atoms with Crippen molar-refractivity contribution >= 4 is 46.1 Å². The van der Waals surface area contributed by atoms with Crippen LogP contribution in [0.1, 0.15) is 27.7 Å². The molecule has 0 aromatic heterocycles. The molecule has 0 aromatic carbocycles. The summed E-state index contributed by atoms with van der Waals surface area (Å²) in [5.74, 6) is -1.06. The molecule has 1 N–H and O–H groups in total. The van der Waals surface area contributed by atoms with Crippen molar-refractivity contribution in [1.29, 1.82) is 5.26 Å². The monoisotopic (exact) mass is 436 g/mol. The maximum absolute atomic E-state index is 12.9. The van der Waals surface area contributed by atoms with Crippen LogP contribution in [0, 0.1) is 16.7 Å². The van der Waals surface area contributed by atoms with Crippen molar-refractivity contribution in [2.75, 3.05) is 32.6 Å². The van der Waals surface area contributed by atoms with Gasteiger partial charge >= 0.3 is 11.9 Å². The van der Waals surface area contributed by atoms with Crippen LogP contribution in [0.5, 0.6) is 0 Å². The molecule has 0 radical (unpaired) electrons. The zero-order chi connectivity index (χ0) is 21.8. The number of ether oxygens (including phenoxy) is 2. The SMILES string of the molecule is CCOC(=O)C1=C(C(=O)OCC)N2CC(C)(C)CN=C2N/C1=C(/C#N)C(=S)SC. The van der Waals surface area contributed by atoms with Crippen molar-refractivity contribution in [3.63, 3.8) is 0 Å². The Bertz CT molecular complexity index is 868. The van der Waals surface area contributed by atoms with Crippen molar-refractivity contribution < 1.29 is 19.1 Å². The van der Waals surface area contributed by atoms with Crippen LogP contribution in [0.25, 0.3) is 0 Å². The lowest BCUT2D eigenvalue weighted by Crippen LogP contribution is -2.55. The number of thiocarbonyl (C=S) groups is 1. The highest BCUT2D eigenvalue weighted by molar-refractivity contribution is 8.23. The van der Waals surface area contributed by atoms with Crippen molar-refractivity contribution in [2.24, 2.45) is 10.4 Å². The van der Waals surface area contributed by atoms with Gasteiger partial charge in [-0.25, -0.2) is 9.59 Å². The maximum atomic E-state index is 12.9. The van der Waals surface area contributed by atoms with E-state index in [1.807, 2.05) is 19.9 Å². The standard InChI is InChI=1S/C19H24N4O4S2/c1-6-26-15(24)12-13(11(8-20)17(28)29-5)22-18-21-9-19(3,4)10-23(18)14(12)16(25)27-7-2/h6-7,9-10H2,1-5H3,(H,21,22)/b13-11-. The van der Waals surface area contributed by atoms with E-state index in [-0.39, 0.29) is 45.4 Å². The topological polar surface area (TPSA) is 104 Å². The summed E-state index contributed by atoms with van der Waals surface area (Å²) in [6, 6.07) is 2.04. The second-order valence-corrected chi connectivity index (χ2v) is 8.52. The molecule has 156 valence electrons. The number of hydrogen-bond acceptors (Lipinski definition) is 10. The van der Waals surface area contributed by atoms with E-state index in [9.17, 15) is 14.9 Å². The quantitative estimate of drug-likeness (QED) is 0.300. The summed E-state index contributed by atoms with van der Waals surface area (Å²) in [5.41, 5.74) is -0.124. The third kappa shape index (κ3) is 4.79. The average Bonchev–Trinajstić information content (AvgIpc) is 2.67. The van der Waals surface area contributed by atoms with Gasteiger partial charge in [-0.2, -0.15) is 5.26 Å². The highest BCUT2D eigenvalue weighted by Gasteiger charge is 2.43. The number of carbonyl (C=O) groups is 2. The van der Waals surface area contributed by atoms with E-state index >= 15 is 0 Å². The highest BCUT2D eigenvalue weighted by Crippen LogP contribution is 2.33. The van der Waals surface area contributed by atoms with Crippen LogP contribution in [0.4, 0.5) is 0 Å². The minimum Gasteiger partial charge on any atom is -0.462 e. The van der Waals surface area contributed by atoms with Gasteiger partial charge in [0.25, 0.3) is 0 Å². The van der Waals surface area contributed by atoms with E-state index in [0.717, 1.165) is 0 Å². The Kier molecular flexibility index (Phi) is 7.43. The molecule has 2 heterocycles. The van der Waals surface area contributed by atoms with Gasteiger partial charge in [0.05, 0.1) is 23.1 Å². The molecular formula is C19H24N4O4S2. The van der Waals surface area contributed by atoms with Crippen LogP contribution in [0.15, 0.2) is 27.5 Å². The van der Waals surface area contributed by atoms with Gasteiger partial charge in [-0.1, -0.05) is 26.1 Å². The van der Waals surface area contributed by atoms with Crippen LogP contribution in [0.2, 0.25) is 0 Å². The first-order valence-corrected chi connectivity index (χ1v) is 10.7. The average molecular weight is 437 g/mol. The van der Waals surface area contributed by atoms with Crippen LogP contribution in [-0.4, -0.2) is 59.6 Å². The Labute approximate surface area is 180 Å². The Hall–Kier alpha value is -2.38. The number of fused-ring (bicyclic) bond motifs is 1. The van der Waals surface area contributed by atoms with E-state index in [2.05, 4.69) is 10.3 Å². The van der Waals surface area contributed by atoms with Crippen LogP contribution in [0.3, 0.4) is 0 Å². The van der Waals surface area contributed by atoms with E-state index in [1.54, 1.807) is 25.0 Å². The molecule has 0 atom stereocenters. The van der Waals surface area contributed by atoms with E-state index in [4.69, 9.17) is 21.7 Å². The number of guanidine groups is 1. The third-order valence-corrected chi connectivity index (χ3v) is 5.47. The summed E-state index contributed by atoms with van der Waals surface area (Å²) in [6.07, 6.45) is 1.73. The molecule has 29 heavy (non-hydrogen) atoms. The number of thioether (sulfide) groups is 1. The minimum atomic E-state index is -0.739. The van der Waals surface area contributed by atoms with Gasteiger partial charge in [-0.05, 0) is 20.1 Å². The summed E-state index contributed by atoms with van der Waals surface area (Å²) < 4.78 is 10.7. The second-order valence-electron chi connectivity index (χ2n) is 7.03. The van der Waals surface area contributed by atoms with Gasteiger partial charge < -0.3 is 19.7 Å². The van der Waals surface area contributed by atoms with Gasteiger partial charge in [0.15, 0.2) is 0 Å². The van der Waals surface area contributed by atoms with Crippen molar-refractivity contribution in [2.45, 2.75) is 27.7 Å². The number of nitrogens with zero attached hydrogens (tertiary/aromatic N) is 3. The lowest BCUT2D eigenvalue weighted by Gasteiger charge is -2.42. The number of nitrogens with one attached hydrogen (secondary N) is 1. The van der Waals surface area contributed by atoms with Gasteiger partial charge in [0.1, 0.15) is 22.9 Å². The van der Waals surface area contributed by atoms with Gasteiger partial charge in [0.2, 0.25) is 5.96 Å². The van der Waals surface area contributed by atoms with Crippen molar-refractivity contribution in [3.05, 3.63) is 22.5 Å². The molecular weight excluding hydrogens is 412 g/mol. The van der Waals surface area contributed by atoms with Crippen molar-refractivity contribution in [1.82, 2.24) is 10.2 Å². The first-order chi connectivity index (χ1) is 13.7. The first kappa shape index (κ1) is 22.9. The zero-order valence-corrected chi connectivity index (χ0v) is 18.8. The second kappa shape index (κ2) is 9.41. The molecule has 2 rings (SSSR count). The minimum absolute atomic E-state index is 0.00206. The van der Waals surface area contributed by atoms with Gasteiger partial charge in [-0.3, -0.25) is 4.99 Å². The van der Waals surface area contributed by atoms with Gasteiger partial charge in [0, 0.05) is 18.5 Å². The third-order valence-electron chi connectivity index (χ3n) is 4.19. The number of carbonyl (C=O) groups excluding carboxylic acids is 2. The lowest BCUT2D eigenvalue weighted by atomic mass is 9.90. The smallest absolute Gasteiger partial charge is 0.356 e. The van der Waals surface area contributed by atoms with Gasteiger partial charge in [-0.15, -0.1) is 11.8 Å². The highest BCUT2D eigenvalue weighted by atomic mass is 32.2. The molecule has 0 bridgehead atoms. The fourth-order valence-corrected chi connectivity index (χ4v) is 3.45. The molecule has 2 aliphatic heterocycles. The summed E-state index contributed by atoms with van der Waals surface area (Å²) >= 11 is 6.49. The Morgan fingerprint density at radius 2 is 1.93 bits per heavy atom. The fourth-order valence-electron chi connectivity index (χ4n) is 2.95. The molecule has 0 aromatic rings. The predicted molar refractivity (Wildman–Crippen MR) is 115 cm³/mol. The maximum Gasteiger partial charge on any atom is 0.356 e. The Morgan fingerprint density at radius 1 is 1.31 bits per heavy atom. The number of hydrogen-bond donors (Lipinski definition) is 1.